The van der Waals surface area contributed by atoms with E-state index in [2.05, 4.69) is 28.8 Å². The second-order valence-electron chi connectivity index (χ2n) is 4.07. The zero-order chi connectivity index (χ0) is 11.4. The number of aliphatic hydroxyl groups is 2. The molecule has 0 fully saturated rings. The van der Waals surface area contributed by atoms with Crippen molar-refractivity contribution in [3.8, 4) is 0 Å². The van der Waals surface area contributed by atoms with E-state index in [-0.39, 0.29) is 19.3 Å². The minimum absolute atomic E-state index is 0.0427. The van der Waals surface area contributed by atoms with E-state index in [1.54, 1.807) is 0 Å². The molecule has 0 saturated heterocycles. The monoisotopic (exact) mass is 222 g/mol. The summed E-state index contributed by atoms with van der Waals surface area (Å²) in [6.07, 6.45) is 1.08. The predicted octanol–water partition coefficient (Wildman–Crippen LogP) is 0.0974. The third-order valence-electron chi connectivity index (χ3n) is 2.96. The number of fused-ring (bicyclic) bond motifs is 1. The van der Waals surface area contributed by atoms with E-state index in [4.69, 9.17) is 10.2 Å². The molecule has 1 aliphatic rings. The summed E-state index contributed by atoms with van der Waals surface area (Å²) in [5.41, 5.74) is 3.76. The second kappa shape index (κ2) is 5.30. The second-order valence-corrected chi connectivity index (χ2v) is 4.07. The van der Waals surface area contributed by atoms with Gasteiger partial charge in [0.2, 0.25) is 0 Å². The van der Waals surface area contributed by atoms with Crippen molar-refractivity contribution >= 4 is 5.69 Å². The Morgan fingerprint density at radius 3 is 2.88 bits per heavy atom. The minimum Gasteiger partial charge on any atom is -0.395 e. The van der Waals surface area contributed by atoms with Gasteiger partial charge in [-0.2, -0.15) is 0 Å². The summed E-state index contributed by atoms with van der Waals surface area (Å²) in [6.45, 7) is 1.58. The van der Waals surface area contributed by atoms with Gasteiger partial charge in [-0.1, -0.05) is 18.2 Å². The van der Waals surface area contributed by atoms with Crippen molar-refractivity contribution in [2.24, 2.45) is 0 Å². The van der Waals surface area contributed by atoms with Crippen molar-refractivity contribution in [3.05, 3.63) is 29.3 Å². The Labute approximate surface area is 95.3 Å². The maximum Gasteiger partial charge on any atom is 0.0607 e. The molecule has 4 nitrogen and oxygen atoms in total. The van der Waals surface area contributed by atoms with Gasteiger partial charge in [0.05, 0.1) is 19.3 Å². The largest absolute Gasteiger partial charge is 0.395 e. The van der Waals surface area contributed by atoms with Crippen molar-refractivity contribution in [1.82, 2.24) is 5.32 Å². The van der Waals surface area contributed by atoms with Gasteiger partial charge in [-0.05, 0) is 17.5 Å². The molecule has 1 aliphatic heterocycles. The van der Waals surface area contributed by atoms with Gasteiger partial charge in [-0.3, -0.25) is 0 Å². The lowest BCUT2D eigenvalue weighted by atomic mass is 10.1. The number of nitrogens with one attached hydrogen (secondary N) is 2. The highest BCUT2D eigenvalue weighted by atomic mass is 16.3. The van der Waals surface area contributed by atoms with Gasteiger partial charge < -0.3 is 20.8 Å². The van der Waals surface area contributed by atoms with Crippen molar-refractivity contribution in [3.63, 3.8) is 0 Å². The number of benzene rings is 1. The summed E-state index contributed by atoms with van der Waals surface area (Å²) in [7, 11) is 0. The first-order valence-electron chi connectivity index (χ1n) is 5.65. The molecule has 0 unspecified atom stereocenters. The van der Waals surface area contributed by atoms with Crippen LogP contribution in [-0.2, 0) is 13.0 Å². The van der Waals surface area contributed by atoms with Gasteiger partial charge in [0.15, 0.2) is 0 Å². The maximum atomic E-state index is 8.96. The Balaban J connectivity index is 2.02. The molecule has 16 heavy (non-hydrogen) atoms. The first-order chi connectivity index (χ1) is 7.85. The first-order valence-corrected chi connectivity index (χ1v) is 5.65. The predicted molar refractivity (Wildman–Crippen MR) is 63.4 cm³/mol. The third-order valence-corrected chi connectivity index (χ3v) is 2.96. The summed E-state index contributed by atoms with van der Waals surface area (Å²) < 4.78 is 0. The molecule has 0 radical (unpaired) electrons. The fourth-order valence-corrected chi connectivity index (χ4v) is 2.00. The summed E-state index contributed by atoms with van der Waals surface area (Å²) in [6, 6.07) is 6.01. The molecule has 1 aromatic carbocycles. The van der Waals surface area contributed by atoms with Crippen LogP contribution in [0.3, 0.4) is 0 Å². The van der Waals surface area contributed by atoms with E-state index in [0.717, 1.165) is 13.0 Å². The molecular formula is C12H18N2O2. The summed E-state index contributed by atoms with van der Waals surface area (Å²) in [4.78, 5) is 0. The lowest BCUT2D eigenvalue weighted by Crippen LogP contribution is -2.35. The van der Waals surface area contributed by atoms with Crippen LogP contribution in [0.5, 0.6) is 0 Å². The molecule has 4 heteroatoms. The molecule has 0 saturated carbocycles. The summed E-state index contributed by atoms with van der Waals surface area (Å²) >= 11 is 0. The molecule has 1 aromatic rings. The molecule has 0 aliphatic carbocycles. The lowest BCUT2D eigenvalue weighted by molar-refractivity contribution is 0.170. The van der Waals surface area contributed by atoms with Crippen LogP contribution in [-0.4, -0.2) is 36.0 Å². The van der Waals surface area contributed by atoms with Crippen LogP contribution in [0.25, 0.3) is 0 Å². The number of rotatable bonds is 5. The topological polar surface area (TPSA) is 64.5 Å². The molecule has 0 atom stereocenters. The fraction of sp³-hybridized carbons (Fsp3) is 0.500. The van der Waals surface area contributed by atoms with E-state index in [9.17, 15) is 0 Å². The molecular weight excluding hydrogens is 204 g/mol. The van der Waals surface area contributed by atoms with Gasteiger partial charge in [-0.15, -0.1) is 0 Å². The van der Waals surface area contributed by atoms with Crippen LogP contribution in [0, 0.1) is 0 Å². The molecule has 0 spiro atoms. The zero-order valence-corrected chi connectivity index (χ0v) is 9.24. The quantitative estimate of drug-likeness (QED) is 0.570. The minimum atomic E-state index is -0.239. The first kappa shape index (κ1) is 11.4. The van der Waals surface area contributed by atoms with Crippen LogP contribution in [0.4, 0.5) is 5.69 Å². The summed E-state index contributed by atoms with van der Waals surface area (Å²) in [5.74, 6) is 0. The number of anilines is 1. The number of hydrogen-bond acceptors (Lipinski definition) is 4. The van der Waals surface area contributed by atoms with Crippen molar-refractivity contribution in [1.29, 1.82) is 0 Å². The molecule has 0 amide bonds. The number of aliphatic hydroxyl groups excluding tert-OH is 2. The Bertz CT molecular complexity index is 351. The van der Waals surface area contributed by atoms with Gasteiger partial charge in [-0.25, -0.2) is 0 Å². The Morgan fingerprint density at radius 2 is 2.12 bits per heavy atom. The molecule has 1 heterocycles. The number of para-hydroxylation sites is 1. The van der Waals surface area contributed by atoms with Crippen molar-refractivity contribution in [2.75, 3.05) is 25.1 Å². The smallest absolute Gasteiger partial charge is 0.0607 e. The van der Waals surface area contributed by atoms with Gasteiger partial charge in [0.25, 0.3) is 0 Å². The average molecular weight is 222 g/mol. The third kappa shape index (κ3) is 2.35. The van der Waals surface area contributed by atoms with Crippen LogP contribution in [0.15, 0.2) is 18.2 Å². The fourth-order valence-electron chi connectivity index (χ4n) is 2.00. The molecule has 2 rings (SSSR count). The Morgan fingerprint density at radius 1 is 1.31 bits per heavy atom. The van der Waals surface area contributed by atoms with Crippen LogP contribution in [0.2, 0.25) is 0 Å². The normalized spacial score (nSPS) is 13.9. The van der Waals surface area contributed by atoms with Gasteiger partial charge >= 0.3 is 0 Å². The van der Waals surface area contributed by atoms with Gasteiger partial charge in [0, 0.05) is 18.8 Å². The molecule has 88 valence electrons. The van der Waals surface area contributed by atoms with E-state index in [1.165, 1.54) is 16.8 Å². The zero-order valence-electron chi connectivity index (χ0n) is 9.24. The molecule has 0 aromatic heterocycles. The van der Waals surface area contributed by atoms with E-state index < -0.39 is 0 Å². The standard InChI is InChI=1S/C12H18N2O2/c15-7-11(8-16)14-6-10-3-1-2-9-4-5-13-12(9)10/h1-3,11,13-16H,4-8H2. The van der Waals surface area contributed by atoms with Crippen LogP contribution in [0.1, 0.15) is 11.1 Å². The number of hydrogen-bond donors (Lipinski definition) is 4. The van der Waals surface area contributed by atoms with E-state index in [0.29, 0.717) is 6.54 Å². The van der Waals surface area contributed by atoms with Crippen molar-refractivity contribution in [2.45, 2.75) is 19.0 Å². The van der Waals surface area contributed by atoms with E-state index in [1.807, 2.05) is 0 Å². The maximum absolute atomic E-state index is 8.96. The van der Waals surface area contributed by atoms with Gasteiger partial charge in [0.1, 0.15) is 0 Å². The highest BCUT2D eigenvalue weighted by Crippen LogP contribution is 2.26. The summed E-state index contributed by atoms with van der Waals surface area (Å²) in [5, 5.41) is 24.4. The highest BCUT2D eigenvalue weighted by molar-refractivity contribution is 5.61. The molecule has 0 bridgehead atoms. The van der Waals surface area contributed by atoms with E-state index >= 15 is 0 Å². The lowest BCUT2D eigenvalue weighted by Gasteiger charge is -2.15. The Hall–Kier alpha value is -1.10. The highest BCUT2D eigenvalue weighted by Gasteiger charge is 2.14. The average Bonchev–Trinajstić information content (AvgIpc) is 2.79. The Kier molecular flexibility index (Phi) is 3.77. The van der Waals surface area contributed by atoms with Crippen LogP contribution < -0.4 is 10.6 Å². The van der Waals surface area contributed by atoms with Crippen molar-refractivity contribution < 1.29 is 10.2 Å². The van der Waals surface area contributed by atoms with Crippen LogP contribution >= 0.6 is 0 Å². The molecule has 4 N–H and O–H groups in total. The SMILES string of the molecule is OCC(CO)NCc1cccc2c1NCC2.